The van der Waals surface area contributed by atoms with Gasteiger partial charge in [-0.25, -0.2) is 0 Å². The lowest BCUT2D eigenvalue weighted by molar-refractivity contribution is 0.0815. The van der Waals surface area contributed by atoms with E-state index in [2.05, 4.69) is 5.10 Å². The molecule has 7 nitrogen and oxygen atoms in total. The van der Waals surface area contributed by atoms with E-state index >= 15 is 0 Å². The van der Waals surface area contributed by atoms with Crippen molar-refractivity contribution in [2.45, 2.75) is 11.8 Å². The second kappa shape index (κ2) is 5.72. The molecule has 0 saturated heterocycles. The highest BCUT2D eigenvalue weighted by Crippen LogP contribution is 2.35. The summed E-state index contributed by atoms with van der Waals surface area (Å²) in [6, 6.07) is 13.8. The summed E-state index contributed by atoms with van der Waals surface area (Å²) in [6.07, 6.45) is 0. The molecule has 4 rings (SSSR count). The molecule has 1 aliphatic carbocycles. The smallest absolute Gasteiger partial charge is 0.283 e. The molecule has 0 N–H and O–H groups in total. The zero-order chi connectivity index (χ0) is 19.3. The normalized spacial score (nSPS) is 13.0. The number of carbonyl (C=O) groups is 2. The van der Waals surface area contributed by atoms with Gasteiger partial charge in [0.15, 0.2) is 0 Å². The van der Waals surface area contributed by atoms with Crippen LogP contribution in [0.15, 0.2) is 53.4 Å². The van der Waals surface area contributed by atoms with Crippen LogP contribution in [0.5, 0.6) is 0 Å². The fourth-order valence-corrected chi connectivity index (χ4v) is 4.42. The number of rotatable bonds is 2. The summed E-state index contributed by atoms with van der Waals surface area (Å²) in [5.41, 5.74) is 1.19. The van der Waals surface area contributed by atoms with Gasteiger partial charge in [0.1, 0.15) is 5.69 Å². The average molecular weight is 377 g/mol. The van der Waals surface area contributed by atoms with Crippen molar-refractivity contribution in [2.75, 3.05) is 0 Å². The number of fused-ring (bicyclic) bond motifs is 3. The molecule has 0 unspecified atom stereocenters. The van der Waals surface area contributed by atoms with E-state index in [1.54, 1.807) is 18.2 Å². The molecule has 0 amide bonds. The Bertz CT molecular complexity index is 1280. The Hall–Kier alpha value is -3.57. The molecule has 8 heteroatoms. The maximum Gasteiger partial charge on any atom is 0.283 e. The molecule has 0 saturated carbocycles. The van der Waals surface area contributed by atoms with Crippen LogP contribution >= 0.6 is 0 Å². The third kappa shape index (κ3) is 2.33. The first-order valence-electron chi connectivity index (χ1n) is 7.90. The summed E-state index contributed by atoms with van der Waals surface area (Å²) in [4.78, 5) is 24.8. The Morgan fingerprint density at radius 2 is 1.59 bits per heavy atom. The van der Waals surface area contributed by atoms with Gasteiger partial charge >= 0.3 is 0 Å². The zero-order valence-electron chi connectivity index (χ0n) is 14.0. The number of hydrogen-bond acceptors (Lipinski definition) is 6. The van der Waals surface area contributed by atoms with Crippen LogP contribution in [0.25, 0.3) is 11.3 Å². The third-order valence-corrected chi connectivity index (χ3v) is 6.12. The molecule has 1 aromatic heterocycles. The van der Waals surface area contributed by atoms with Gasteiger partial charge in [0, 0.05) is 11.1 Å². The van der Waals surface area contributed by atoms with Gasteiger partial charge in [-0.05, 0) is 31.2 Å². The molecule has 0 bridgehead atoms. The van der Waals surface area contributed by atoms with Crippen LogP contribution in [-0.2, 0) is 10.0 Å². The average Bonchev–Trinajstić information content (AvgIpc) is 3.04. The minimum Gasteiger partial charge on any atom is -0.285 e. The first kappa shape index (κ1) is 16.9. The Morgan fingerprint density at radius 3 is 2.22 bits per heavy atom. The minimum absolute atomic E-state index is 0.00378. The molecular formula is C19H11N3O4S. The van der Waals surface area contributed by atoms with Crippen molar-refractivity contribution in [3.8, 4) is 17.3 Å². The molecule has 1 aliphatic rings. The summed E-state index contributed by atoms with van der Waals surface area (Å²) >= 11 is 0. The number of nitrogens with zero attached hydrogens (tertiary/aromatic N) is 3. The predicted octanol–water partition coefficient (Wildman–Crippen LogP) is 2.35. The van der Waals surface area contributed by atoms with Crippen molar-refractivity contribution in [2.24, 2.45) is 0 Å². The lowest BCUT2D eigenvalue weighted by Gasteiger charge is -2.12. The molecular weight excluding hydrogens is 366 g/mol. The van der Waals surface area contributed by atoms with Crippen LogP contribution in [0.1, 0.15) is 32.0 Å². The number of ketones is 2. The van der Waals surface area contributed by atoms with Gasteiger partial charge in [0.25, 0.3) is 10.0 Å². The molecule has 0 radical (unpaired) electrons. The minimum atomic E-state index is -4.10. The first-order chi connectivity index (χ1) is 12.9. The first-order valence-corrected chi connectivity index (χ1v) is 9.34. The number of aromatic nitrogens is 2. The van der Waals surface area contributed by atoms with Crippen molar-refractivity contribution in [3.63, 3.8) is 0 Å². The number of benzene rings is 2. The third-order valence-electron chi connectivity index (χ3n) is 4.45. The van der Waals surface area contributed by atoms with E-state index in [1.807, 2.05) is 6.07 Å². The van der Waals surface area contributed by atoms with Gasteiger partial charge in [-0.3, -0.25) is 9.59 Å². The topological polar surface area (TPSA) is 110 Å². The van der Waals surface area contributed by atoms with Crippen LogP contribution in [-0.4, -0.2) is 29.2 Å². The Balaban J connectivity index is 1.96. The van der Waals surface area contributed by atoms with Crippen LogP contribution in [0, 0.1) is 18.3 Å². The Kier molecular flexibility index (Phi) is 3.58. The number of Topliss-reactive ketones (excluding diaryl/α,β-unsaturated/α-hetero) is 2. The summed E-state index contributed by atoms with van der Waals surface area (Å²) in [6.45, 7) is 1.44. The van der Waals surface area contributed by atoms with Crippen molar-refractivity contribution in [3.05, 3.63) is 70.9 Å². The molecule has 0 fully saturated rings. The van der Waals surface area contributed by atoms with Gasteiger partial charge in [-0.1, -0.05) is 24.3 Å². The monoisotopic (exact) mass is 377 g/mol. The van der Waals surface area contributed by atoms with Crippen LogP contribution in [0.3, 0.4) is 0 Å². The summed E-state index contributed by atoms with van der Waals surface area (Å²) in [5, 5.41) is 13.0. The lowest BCUT2D eigenvalue weighted by atomic mass is 9.87. The number of nitriles is 1. The van der Waals surface area contributed by atoms with Gasteiger partial charge in [0.05, 0.1) is 27.8 Å². The molecule has 27 heavy (non-hydrogen) atoms. The molecule has 0 spiro atoms. The van der Waals surface area contributed by atoms with Gasteiger partial charge in [0.2, 0.25) is 11.6 Å². The highest BCUT2D eigenvalue weighted by atomic mass is 32.2. The highest BCUT2D eigenvalue weighted by molar-refractivity contribution is 7.89. The molecule has 1 heterocycles. The van der Waals surface area contributed by atoms with Gasteiger partial charge in [-0.15, -0.1) is 0 Å². The summed E-state index contributed by atoms with van der Waals surface area (Å²) in [7, 11) is -4.10. The summed E-state index contributed by atoms with van der Waals surface area (Å²) < 4.78 is 26.8. The largest absolute Gasteiger partial charge is 0.285 e. The number of hydrogen-bond donors (Lipinski definition) is 0. The maximum absolute atomic E-state index is 13.0. The second-order valence-corrected chi connectivity index (χ2v) is 7.76. The molecule has 3 aromatic rings. The zero-order valence-corrected chi connectivity index (χ0v) is 14.8. The van der Waals surface area contributed by atoms with Gasteiger partial charge < -0.3 is 0 Å². The summed E-state index contributed by atoms with van der Waals surface area (Å²) in [5.74, 6) is -1.46. The van der Waals surface area contributed by atoms with E-state index in [1.165, 1.54) is 37.3 Å². The van der Waals surface area contributed by atoms with Crippen LogP contribution in [0.2, 0.25) is 0 Å². The number of carbonyl (C=O) groups excluding carboxylic acids is 2. The Morgan fingerprint density at radius 1 is 0.963 bits per heavy atom. The van der Waals surface area contributed by atoms with E-state index in [-0.39, 0.29) is 27.4 Å². The SMILES string of the molecule is Cc1c2c(nn1S(=O)(=O)c1ccc(C#N)cc1)-c1ccccc1C(=O)C2=O. The van der Waals surface area contributed by atoms with Crippen molar-refractivity contribution < 1.29 is 18.0 Å². The van der Waals surface area contributed by atoms with Crippen LogP contribution < -0.4 is 0 Å². The predicted molar refractivity (Wildman–Crippen MR) is 94.8 cm³/mol. The fraction of sp³-hybridized carbons (Fsp3) is 0.0526. The fourth-order valence-electron chi connectivity index (χ4n) is 3.10. The van der Waals surface area contributed by atoms with E-state index < -0.39 is 21.6 Å². The van der Waals surface area contributed by atoms with Crippen molar-refractivity contribution >= 4 is 21.6 Å². The Labute approximate surface area is 154 Å². The van der Waals surface area contributed by atoms with E-state index in [9.17, 15) is 18.0 Å². The standard InChI is InChI=1S/C19H11N3O4S/c1-11-16-17(14-4-2-3-5-15(14)18(23)19(16)24)21-22(11)27(25,26)13-8-6-12(10-20)7-9-13/h2-9H,1H3. The quantitative estimate of drug-likeness (QED) is 0.634. The molecule has 0 atom stereocenters. The maximum atomic E-state index is 13.0. The lowest BCUT2D eigenvalue weighted by Crippen LogP contribution is -2.21. The second-order valence-electron chi connectivity index (χ2n) is 6.00. The van der Waals surface area contributed by atoms with Crippen molar-refractivity contribution in [1.82, 2.24) is 9.19 Å². The van der Waals surface area contributed by atoms with E-state index in [0.29, 0.717) is 11.1 Å². The van der Waals surface area contributed by atoms with E-state index in [0.717, 1.165) is 4.09 Å². The molecule has 2 aromatic carbocycles. The van der Waals surface area contributed by atoms with Crippen molar-refractivity contribution in [1.29, 1.82) is 5.26 Å². The molecule has 132 valence electrons. The van der Waals surface area contributed by atoms with Gasteiger partial charge in [-0.2, -0.15) is 22.9 Å². The highest BCUT2D eigenvalue weighted by Gasteiger charge is 2.37. The van der Waals surface area contributed by atoms with Crippen LogP contribution in [0.4, 0.5) is 0 Å². The van der Waals surface area contributed by atoms with E-state index in [4.69, 9.17) is 5.26 Å². The molecule has 0 aliphatic heterocycles.